The van der Waals surface area contributed by atoms with Gasteiger partial charge in [-0.1, -0.05) is 19.6 Å². The van der Waals surface area contributed by atoms with Crippen LogP contribution in [-0.2, 0) is 0 Å². The number of ether oxygens (including phenoxy) is 1. The van der Waals surface area contributed by atoms with E-state index in [1.807, 2.05) is 29.2 Å². The molecule has 0 N–H and O–H groups in total. The van der Waals surface area contributed by atoms with Crippen molar-refractivity contribution in [2.45, 2.75) is 26.2 Å². The fraction of sp³-hybridized carbons (Fsp3) is 0.471. The van der Waals surface area contributed by atoms with Gasteiger partial charge in [0.1, 0.15) is 12.4 Å². The van der Waals surface area contributed by atoms with E-state index in [2.05, 4.69) is 13.5 Å². The van der Waals surface area contributed by atoms with Crippen LogP contribution in [0, 0.1) is 5.92 Å². The minimum atomic E-state index is 0.133. The lowest BCUT2D eigenvalue weighted by molar-refractivity contribution is 0.0747. The summed E-state index contributed by atoms with van der Waals surface area (Å²) in [6, 6.07) is 7.38. The van der Waals surface area contributed by atoms with Crippen molar-refractivity contribution in [3.05, 3.63) is 42.5 Å². The van der Waals surface area contributed by atoms with Crippen LogP contribution in [0.1, 0.15) is 36.5 Å². The standard InChI is InChI=1S/C17H23NO2/c1-3-11-18(13-14-5-6-14)17(19)15-7-9-16(10-8-15)20-12-4-2/h4,7-10,14H,2-3,5-6,11-13H2,1H3. The summed E-state index contributed by atoms with van der Waals surface area (Å²) in [5.41, 5.74) is 0.741. The first kappa shape index (κ1) is 14.6. The van der Waals surface area contributed by atoms with Gasteiger partial charge < -0.3 is 9.64 Å². The van der Waals surface area contributed by atoms with Crippen molar-refractivity contribution in [1.29, 1.82) is 0 Å². The first-order chi connectivity index (χ1) is 9.74. The van der Waals surface area contributed by atoms with Crippen molar-refractivity contribution in [3.63, 3.8) is 0 Å². The molecule has 0 aliphatic heterocycles. The quantitative estimate of drug-likeness (QED) is 0.678. The zero-order valence-corrected chi connectivity index (χ0v) is 12.2. The molecule has 0 bridgehead atoms. The van der Waals surface area contributed by atoms with E-state index in [9.17, 15) is 4.79 Å². The molecule has 0 atom stereocenters. The topological polar surface area (TPSA) is 29.5 Å². The van der Waals surface area contributed by atoms with E-state index in [4.69, 9.17) is 4.74 Å². The van der Waals surface area contributed by atoms with Gasteiger partial charge >= 0.3 is 0 Å². The highest BCUT2D eigenvalue weighted by Gasteiger charge is 2.26. The van der Waals surface area contributed by atoms with Crippen LogP contribution < -0.4 is 4.74 Å². The highest BCUT2D eigenvalue weighted by molar-refractivity contribution is 5.94. The third-order valence-electron chi connectivity index (χ3n) is 3.43. The van der Waals surface area contributed by atoms with E-state index in [0.717, 1.165) is 36.7 Å². The summed E-state index contributed by atoms with van der Waals surface area (Å²) >= 11 is 0. The van der Waals surface area contributed by atoms with Crippen molar-refractivity contribution >= 4 is 5.91 Å². The molecule has 0 radical (unpaired) electrons. The molecule has 1 saturated carbocycles. The van der Waals surface area contributed by atoms with Crippen LogP contribution in [0.3, 0.4) is 0 Å². The van der Waals surface area contributed by atoms with Crippen LogP contribution in [-0.4, -0.2) is 30.5 Å². The zero-order valence-electron chi connectivity index (χ0n) is 12.2. The summed E-state index contributed by atoms with van der Waals surface area (Å²) in [5, 5.41) is 0. The lowest BCUT2D eigenvalue weighted by Gasteiger charge is -2.22. The molecule has 0 heterocycles. The van der Waals surface area contributed by atoms with Gasteiger partial charge in [-0.25, -0.2) is 0 Å². The van der Waals surface area contributed by atoms with Gasteiger partial charge in [-0.15, -0.1) is 0 Å². The molecule has 0 saturated heterocycles. The number of rotatable bonds is 8. The number of benzene rings is 1. The van der Waals surface area contributed by atoms with E-state index in [1.54, 1.807) is 6.08 Å². The van der Waals surface area contributed by atoms with Crippen LogP contribution in [0.5, 0.6) is 5.75 Å². The molecule has 108 valence electrons. The Morgan fingerprint density at radius 1 is 1.40 bits per heavy atom. The molecule has 3 heteroatoms. The van der Waals surface area contributed by atoms with Crippen molar-refractivity contribution in [3.8, 4) is 5.75 Å². The van der Waals surface area contributed by atoms with Gasteiger partial charge in [-0.3, -0.25) is 4.79 Å². The molecule has 0 aromatic heterocycles. The predicted octanol–water partition coefficient (Wildman–Crippen LogP) is 3.51. The Balaban J connectivity index is 1.99. The second-order valence-electron chi connectivity index (χ2n) is 5.32. The molecule has 20 heavy (non-hydrogen) atoms. The van der Waals surface area contributed by atoms with Gasteiger partial charge in [0.2, 0.25) is 0 Å². The molecule has 0 spiro atoms. The predicted molar refractivity (Wildman–Crippen MR) is 81.1 cm³/mol. The SMILES string of the molecule is C=CCOc1ccc(C(=O)N(CCC)CC2CC2)cc1. The number of carbonyl (C=O) groups is 1. The molecular formula is C17H23NO2. The Labute approximate surface area is 121 Å². The summed E-state index contributed by atoms with van der Waals surface area (Å²) < 4.78 is 5.43. The molecule has 1 amide bonds. The van der Waals surface area contributed by atoms with Gasteiger partial charge in [0, 0.05) is 18.7 Å². The van der Waals surface area contributed by atoms with E-state index >= 15 is 0 Å². The average Bonchev–Trinajstić information content (AvgIpc) is 3.28. The number of hydrogen-bond donors (Lipinski definition) is 0. The second-order valence-corrected chi connectivity index (χ2v) is 5.32. The largest absolute Gasteiger partial charge is 0.490 e. The second kappa shape index (κ2) is 7.13. The van der Waals surface area contributed by atoms with Crippen molar-refractivity contribution in [1.82, 2.24) is 4.90 Å². The lowest BCUT2D eigenvalue weighted by Crippen LogP contribution is -2.33. The van der Waals surface area contributed by atoms with E-state index in [0.29, 0.717) is 6.61 Å². The molecule has 0 unspecified atom stereocenters. The monoisotopic (exact) mass is 273 g/mol. The maximum Gasteiger partial charge on any atom is 0.253 e. The average molecular weight is 273 g/mol. The number of hydrogen-bond acceptors (Lipinski definition) is 2. The lowest BCUT2D eigenvalue weighted by atomic mass is 10.1. The van der Waals surface area contributed by atoms with E-state index < -0.39 is 0 Å². The fourth-order valence-corrected chi connectivity index (χ4v) is 2.19. The van der Waals surface area contributed by atoms with Crippen molar-refractivity contribution in [2.24, 2.45) is 5.92 Å². The van der Waals surface area contributed by atoms with Gasteiger partial charge in [-0.05, 0) is 49.4 Å². The maximum absolute atomic E-state index is 12.5. The molecule has 2 rings (SSSR count). The number of carbonyl (C=O) groups excluding carboxylic acids is 1. The molecule has 1 fully saturated rings. The molecule has 3 nitrogen and oxygen atoms in total. The van der Waals surface area contributed by atoms with Gasteiger partial charge in [0.25, 0.3) is 5.91 Å². The number of amides is 1. The first-order valence-electron chi connectivity index (χ1n) is 7.37. The Morgan fingerprint density at radius 3 is 2.65 bits per heavy atom. The van der Waals surface area contributed by atoms with E-state index in [1.165, 1.54) is 12.8 Å². The summed E-state index contributed by atoms with van der Waals surface area (Å²) in [4.78, 5) is 14.5. The minimum Gasteiger partial charge on any atom is -0.490 e. The third kappa shape index (κ3) is 4.12. The van der Waals surface area contributed by atoms with Crippen LogP contribution >= 0.6 is 0 Å². The number of nitrogens with zero attached hydrogens (tertiary/aromatic N) is 1. The van der Waals surface area contributed by atoms with E-state index in [-0.39, 0.29) is 5.91 Å². The first-order valence-corrected chi connectivity index (χ1v) is 7.37. The minimum absolute atomic E-state index is 0.133. The molecule has 1 aliphatic rings. The zero-order chi connectivity index (χ0) is 14.4. The summed E-state index contributed by atoms with van der Waals surface area (Å²) in [5.74, 6) is 1.63. The van der Waals surface area contributed by atoms with Crippen molar-refractivity contribution in [2.75, 3.05) is 19.7 Å². The summed E-state index contributed by atoms with van der Waals surface area (Å²) in [6.07, 6.45) is 5.24. The third-order valence-corrected chi connectivity index (χ3v) is 3.43. The smallest absolute Gasteiger partial charge is 0.253 e. The summed E-state index contributed by atoms with van der Waals surface area (Å²) in [7, 11) is 0. The Kier molecular flexibility index (Phi) is 5.22. The van der Waals surface area contributed by atoms with Gasteiger partial charge in [0.15, 0.2) is 0 Å². The fourth-order valence-electron chi connectivity index (χ4n) is 2.19. The Bertz CT molecular complexity index is 449. The highest BCUT2D eigenvalue weighted by Crippen LogP contribution is 2.30. The molecular weight excluding hydrogens is 250 g/mol. The highest BCUT2D eigenvalue weighted by atomic mass is 16.5. The van der Waals surface area contributed by atoms with Gasteiger partial charge in [-0.2, -0.15) is 0 Å². The normalized spacial score (nSPS) is 13.8. The molecule has 1 aromatic rings. The Hall–Kier alpha value is -1.77. The Morgan fingerprint density at radius 2 is 2.10 bits per heavy atom. The van der Waals surface area contributed by atoms with Crippen LogP contribution in [0.15, 0.2) is 36.9 Å². The molecule has 1 aromatic carbocycles. The van der Waals surface area contributed by atoms with Crippen LogP contribution in [0.4, 0.5) is 0 Å². The summed E-state index contributed by atoms with van der Waals surface area (Å²) in [6.45, 7) is 7.95. The van der Waals surface area contributed by atoms with Crippen molar-refractivity contribution < 1.29 is 9.53 Å². The van der Waals surface area contributed by atoms with Crippen LogP contribution in [0.25, 0.3) is 0 Å². The molecule has 1 aliphatic carbocycles. The van der Waals surface area contributed by atoms with Crippen LogP contribution in [0.2, 0.25) is 0 Å². The van der Waals surface area contributed by atoms with Gasteiger partial charge in [0.05, 0.1) is 0 Å². The maximum atomic E-state index is 12.5.